The summed E-state index contributed by atoms with van der Waals surface area (Å²) in [7, 11) is 0. The van der Waals surface area contributed by atoms with Gasteiger partial charge in [0.05, 0.1) is 6.54 Å². The Morgan fingerprint density at radius 2 is 2.07 bits per heavy atom. The van der Waals surface area contributed by atoms with Crippen molar-refractivity contribution in [1.82, 2.24) is 20.5 Å². The topological polar surface area (TPSA) is 61.8 Å². The monoisotopic (exact) mass is 399 g/mol. The van der Waals surface area contributed by atoms with Crippen molar-refractivity contribution in [3.8, 4) is 11.6 Å². The van der Waals surface area contributed by atoms with Crippen molar-refractivity contribution in [1.29, 1.82) is 0 Å². The highest BCUT2D eigenvalue weighted by Crippen LogP contribution is 2.20. The molecule has 7 heteroatoms. The molecule has 0 amide bonds. The van der Waals surface area contributed by atoms with Crippen LogP contribution in [0.1, 0.15) is 32.3 Å². The molecule has 2 heterocycles. The SMILES string of the molecule is CCNC(=NCc1ccnc(Oc2ccc(F)cc2)c1)NCC1CCCN1CC. The molecule has 2 N–H and O–H groups in total. The van der Waals surface area contributed by atoms with E-state index in [9.17, 15) is 4.39 Å². The van der Waals surface area contributed by atoms with Gasteiger partial charge in [-0.1, -0.05) is 6.92 Å². The molecule has 1 aromatic heterocycles. The number of rotatable bonds is 8. The highest BCUT2D eigenvalue weighted by molar-refractivity contribution is 5.79. The van der Waals surface area contributed by atoms with Gasteiger partial charge in [-0.2, -0.15) is 0 Å². The number of aromatic nitrogens is 1. The van der Waals surface area contributed by atoms with Crippen LogP contribution in [0.3, 0.4) is 0 Å². The van der Waals surface area contributed by atoms with E-state index in [-0.39, 0.29) is 5.82 Å². The number of nitrogens with one attached hydrogen (secondary N) is 2. The van der Waals surface area contributed by atoms with Gasteiger partial charge in [-0.15, -0.1) is 0 Å². The first-order chi connectivity index (χ1) is 14.2. The van der Waals surface area contributed by atoms with Gasteiger partial charge in [0.1, 0.15) is 11.6 Å². The van der Waals surface area contributed by atoms with E-state index in [2.05, 4.69) is 34.4 Å². The Labute approximate surface area is 172 Å². The molecule has 1 aliphatic heterocycles. The van der Waals surface area contributed by atoms with Crippen molar-refractivity contribution in [3.63, 3.8) is 0 Å². The van der Waals surface area contributed by atoms with Crippen LogP contribution in [-0.4, -0.2) is 48.1 Å². The molecule has 1 fully saturated rings. The molecule has 0 aliphatic carbocycles. The maximum absolute atomic E-state index is 13.0. The summed E-state index contributed by atoms with van der Waals surface area (Å²) in [5, 5.41) is 6.78. The summed E-state index contributed by atoms with van der Waals surface area (Å²) in [5.74, 6) is 1.53. The summed E-state index contributed by atoms with van der Waals surface area (Å²) in [6, 6.07) is 10.2. The predicted molar refractivity (Wildman–Crippen MR) is 114 cm³/mol. The molecule has 1 saturated heterocycles. The summed E-state index contributed by atoms with van der Waals surface area (Å²) in [6.45, 7) is 8.77. The summed E-state index contributed by atoms with van der Waals surface area (Å²) in [4.78, 5) is 11.4. The Balaban J connectivity index is 1.59. The second-order valence-electron chi connectivity index (χ2n) is 7.06. The third-order valence-corrected chi connectivity index (χ3v) is 5.01. The fourth-order valence-electron chi connectivity index (χ4n) is 3.50. The maximum Gasteiger partial charge on any atom is 0.219 e. The zero-order chi connectivity index (χ0) is 20.5. The Bertz CT molecular complexity index is 796. The van der Waals surface area contributed by atoms with Crippen molar-refractivity contribution in [3.05, 3.63) is 54.0 Å². The molecule has 1 aliphatic rings. The molecular formula is C22H30FN5O. The summed E-state index contributed by atoms with van der Waals surface area (Å²) >= 11 is 0. The molecule has 0 radical (unpaired) electrons. The number of likely N-dealkylation sites (tertiary alicyclic amines) is 1. The molecule has 0 spiro atoms. The average molecular weight is 400 g/mol. The van der Waals surface area contributed by atoms with Gasteiger partial charge in [-0.05, 0) is 68.8 Å². The summed E-state index contributed by atoms with van der Waals surface area (Å²) in [5.41, 5.74) is 0.991. The second kappa shape index (κ2) is 10.8. The molecule has 3 rings (SSSR count). The number of benzene rings is 1. The van der Waals surface area contributed by atoms with Crippen LogP contribution in [0.15, 0.2) is 47.6 Å². The Kier molecular flexibility index (Phi) is 7.81. The molecule has 1 atom stereocenters. The number of halogens is 1. The maximum atomic E-state index is 13.0. The van der Waals surface area contributed by atoms with E-state index in [0.717, 1.165) is 31.2 Å². The molecule has 156 valence electrons. The highest BCUT2D eigenvalue weighted by Gasteiger charge is 2.22. The zero-order valence-electron chi connectivity index (χ0n) is 17.2. The van der Waals surface area contributed by atoms with Crippen molar-refractivity contribution in [2.45, 2.75) is 39.3 Å². The smallest absolute Gasteiger partial charge is 0.219 e. The van der Waals surface area contributed by atoms with E-state index >= 15 is 0 Å². The number of nitrogens with zero attached hydrogens (tertiary/aromatic N) is 3. The van der Waals surface area contributed by atoms with Crippen molar-refractivity contribution in [2.75, 3.05) is 26.2 Å². The van der Waals surface area contributed by atoms with E-state index in [0.29, 0.717) is 24.2 Å². The fourth-order valence-corrected chi connectivity index (χ4v) is 3.50. The van der Waals surface area contributed by atoms with Crippen LogP contribution < -0.4 is 15.4 Å². The van der Waals surface area contributed by atoms with Crippen LogP contribution in [0.5, 0.6) is 11.6 Å². The molecule has 1 aromatic carbocycles. The third-order valence-electron chi connectivity index (χ3n) is 5.01. The number of pyridine rings is 1. The quantitative estimate of drug-likeness (QED) is 0.525. The van der Waals surface area contributed by atoms with Crippen LogP contribution in [0.25, 0.3) is 0 Å². The number of guanidine groups is 1. The van der Waals surface area contributed by atoms with E-state index < -0.39 is 0 Å². The van der Waals surface area contributed by atoms with Gasteiger partial charge >= 0.3 is 0 Å². The molecule has 0 bridgehead atoms. The lowest BCUT2D eigenvalue weighted by Gasteiger charge is -2.24. The number of likely N-dealkylation sites (N-methyl/N-ethyl adjacent to an activating group) is 1. The molecule has 6 nitrogen and oxygen atoms in total. The average Bonchev–Trinajstić information content (AvgIpc) is 3.20. The molecular weight excluding hydrogens is 369 g/mol. The lowest BCUT2D eigenvalue weighted by atomic mass is 10.2. The van der Waals surface area contributed by atoms with Gasteiger partial charge in [-0.3, -0.25) is 4.90 Å². The van der Waals surface area contributed by atoms with Gasteiger partial charge in [0.25, 0.3) is 0 Å². The largest absolute Gasteiger partial charge is 0.439 e. The van der Waals surface area contributed by atoms with E-state index in [1.807, 2.05) is 12.1 Å². The Morgan fingerprint density at radius 1 is 1.24 bits per heavy atom. The second-order valence-corrected chi connectivity index (χ2v) is 7.06. The molecule has 29 heavy (non-hydrogen) atoms. The molecule has 1 unspecified atom stereocenters. The van der Waals surface area contributed by atoms with Gasteiger partial charge < -0.3 is 15.4 Å². The normalized spacial score (nSPS) is 17.3. The lowest BCUT2D eigenvalue weighted by Crippen LogP contribution is -2.44. The number of ether oxygens (including phenoxy) is 1. The summed E-state index contributed by atoms with van der Waals surface area (Å²) < 4.78 is 18.7. The number of hydrogen-bond acceptors (Lipinski definition) is 4. The molecule has 0 saturated carbocycles. The fraction of sp³-hybridized carbons (Fsp3) is 0.455. The first-order valence-corrected chi connectivity index (χ1v) is 10.3. The van der Waals surface area contributed by atoms with Crippen LogP contribution in [0.2, 0.25) is 0 Å². The third kappa shape index (κ3) is 6.42. The van der Waals surface area contributed by atoms with Gasteiger partial charge in [0.2, 0.25) is 5.88 Å². The van der Waals surface area contributed by atoms with E-state index in [4.69, 9.17) is 9.73 Å². The standard InChI is InChI=1S/C22H30FN5O/c1-3-24-22(27-16-19-6-5-13-28(19)4-2)26-15-17-11-12-25-21(14-17)29-20-9-7-18(23)8-10-20/h7-12,14,19H,3-6,13,15-16H2,1-2H3,(H2,24,26,27). The van der Waals surface area contributed by atoms with Crippen molar-refractivity contribution < 1.29 is 9.13 Å². The van der Waals surface area contributed by atoms with Crippen LogP contribution in [-0.2, 0) is 6.54 Å². The Morgan fingerprint density at radius 3 is 2.83 bits per heavy atom. The Hall–Kier alpha value is -2.67. The number of aliphatic imine (C=N–C) groups is 1. The first kappa shape index (κ1) is 21.0. The zero-order valence-corrected chi connectivity index (χ0v) is 17.2. The van der Waals surface area contributed by atoms with Crippen molar-refractivity contribution >= 4 is 5.96 Å². The lowest BCUT2D eigenvalue weighted by molar-refractivity contribution is 0.267. The van der Waals surface area contributed by atoms with E-state index in [1.165, 1.54) is 31.5 Å². The van der Waals surface area contributed by atoms with Crippen LogP contribution >= 0.6 is 0 Å². The minimum Gasteiger partial charge on any atom is -0.439 e. The number of hydrogen-bond donors (Lipinski definition) is 2. The predicted octanol–water partition coefficient (Wildman–Crippen LogP) is 3.55. The van der Waals surface area contributed by atoms with Gasteiger partial charge in [0.15, 0.2) is 5.96 Å². The van der Waals surface area contributed by atoms with Gasteiger partial charge in [0, 0.05) is 31.4 Å². The summed E-state index contributed by atoms with van der Waals surface area (Å²) in [6.07, 6.45) is 4.19. The molecule has 2 aromatic rings. The van der Waals surface area contributed by atoms with Gasteiger partial charge in [-0.25, -0.2) is 14.4 Å². The highest BCUT2D eigenvalue weighted by atomic mass is 19.1. The van der Waals surface area contributed by atoms with Crippen LogP contribution in [0.4, 0.5) is 4.39 Å². The van der Waals surface area contributed by atoms with E-state index in [1.54, 1.807) is 18.3 Å². The minimum absolute atomic E-state index is 0.295. The van der Waals surface area contributed by atoms with Crippen molar-refractivity contribution in [2.24, 2.45) is 4.99 Å². The minimum atomic E-state index is -0.295. The first-order valence-electron chi connectivity index (χ1n) is 10.3. The van der Waals surface area contributed by atoms with Crippen LogP contribution in [0, 0.1) is 5.82 Å².